The van der Waals surface area contributed by atoms with Crippen LogP contribution in [0.25, 0.3) is 16.8 Å². The van der Waals surface area contributed by atoms with Crippen LogP contribution >= 0.6 is 11.3 Å². The van der Waals surface area contributed by atoms with Crippen molar-refractivity contribution in [2.24, 2.45) is 4.99 Å². The first kappa shape index (κ1) is 23.4. The quantitative estimate of drug-likeness (QED) is 0.318. The summed E-state index contributed by atoms with van der Waals surface area (Å²) in [4.78, 5) is 43.0. The van der Waals surface area contributed by atoms with Gasteiger partial charge >= 0.3 is 11.9 Å². The van der Waals surface area contributed by atoms with Crippen molar-refractivity contribution >= 4 is 40.1 Å². The second-order valence-electron chi connectivity index (χ2n) is 8.30. The Morgan fingerprint density at radius 1 is 1.03 bits per heavy atom. The molecule has 0 saturated heterocycles. The minimum absolute atomic E-state index is 0.255. The van der Waals surface area contributed by atoms with E-state index in [4.69, 9.17) is 9.47 Å². The number of hydrogen-bond acceptors (Lipinski definition) is 7. The van der Waals surface area contributed by atoms with Gasteiger partial charge in [-0.2, -0.15) is 0 Å². The van der Waals surface area contributed by atoms with E-state index in [2.05, 4.69) is 4.99 Å². The predicted octanol–water partition coefficient (Wildman–Crippen LogP) is 3.49. The predicted molar refractivity (Wildman–Crippen MR) is 137 cm³/mol. The number of nitrogens with zero attached hydrogens (tertiary/aromatic N) is 2. The summed E-state index contributed by atoms with van der Waals surface area (Å²) in [6.45, 7) is 3.05. The van der Waals surface area contributed by atoms with E-state index in [1.165, 1.54) is 29.9 Å². The fraction of sp³-hybridized carbons (Fsp3) is 0.143. The Morgan fingerprint density at radius 2 is 1.75 bits per heavy atom. The number of thiazole rings is 1. The van der Waals surface area contributed by atoms with Crippen LogP contribution in [0.15, 0.2) is 87.8 Å². The van der Waals surface area contributed by atoms with Gasteiger partial charge in [-0.25, -0.2) is 9.79 Å². The van der Waals surface area contributed by atoms with E-state index in [0.29, 0.717) is 26.3 Å². The van der Waals surface area contributed by atoms with Gasteiger partial charge in [0.15, 0.2) is 4.80 Å². The van der Waals surface area contributed by atoms with Gasteiger partial charge in [0.05, 0.1) is 29.0 Å². The van der Waals surface area contributed by atoms with Gasteiger partial charge in [0.2, 0.25) is 0 Å². The number of methoxy groups -OCH3 is 1. The van der Waals surface area contributed by atoms with Crippen LogP contribution in [0.3, 0.4) is 0 Å². The molecule has 180 valence electrons. The molecule has 4 aromatic rings. The van der Waals surface area contributed by atoms with E-state index in [-0.39, 0.29) is 11.1 Å². The summed E-state index contributed by atoms with van der Waals surface area (Å²) in [5.41, 5.74) is 2.09. The molecule has 0 saturated carbocycles. The Kier molecular flexibility index (Phi) is 6.12. The molecule has 0 fully saturated rings. The Bertz CT molecular complexity index is 1720. The van der Waals surface area contributed by atoms with Gasteiger partial charge in [0, 0.05) is 6.92 Å². The van der Waals surface area contributed by atoms with Crippen molar-refractivity contribution in [3.8, 4) is 5.75 Å². The molecule has 0 amide bonds. The van der Waals surface area contributed by atoms with Gasteiger partial charge in [-0.15, -0.1) is 0 Å². The number of esters is 2. The number of benzene rings is 3. The Hall–Kier alpha value is -4.30. The highest BCUT2D eigenvalue weighted by atomic mass is 32.1. The molecule has 2 heterocycles. The maximum Gasteiger partial charge on any atom is 0.338 e. The Labute approximate surface area is 210 Å². The molecule has 0 spiro atoms. The van der Waals surface area contributed by atoms with E-state index in [1.807, 2.05) is 48.5 Å². The fourth-order valence-corrected chi connectivity index (χ4v) is 5.45. The monoisotopic (exact) mass is 498 g/mol. The van der Waals surface area contributed by atoms with Crippen LogP contribution in [0.5, 0.6) is 5.75 Å². The van der Waals surface area contributed by atoms with Gasteiger partial charge in [-0.05, 0) is 47.0 Å². The number of allylic oxidation sites excluding steroid dienone is 1. The molecule has 0 bridgehead atoms. The van der Waals surface area contributed by atoms with E-state index in [1.54, 1.807) is 31.2 Å². The number of rotatable bonds is 4. The SMILES string of the molecule is COC(=O)C1=C(C)N=c2s/c(=C\c3cccc4ccccc34)c(=O)n2C1c1ccc(OC(C)=O)cc1. The molecular weight excluding hydrogens is 476 g/mol. The van der Waals surface area contributed by atoms with Crippen LogP contribution in [0, 0.1) is 0 Å². The van der Waals surface area contributed by atoms with Crippen molar-refractivity contribution in [2.45, 2.75) is 19.9 Å². The van der Waals surface area contributed by atoms with Gasteiger partial charge in [0.25, 0.3) is 5.56 Å². The van der Waals surface area contributed by atoms with Crippen molar-refractivity contribution in [2.75, 3.05) is 7.11 Å². The molecule has 1 aliphatic rings. The standard InChI is InChI=1S/C28H22N2O5S/c1-16-24(27(33)34-3)25(19-11-13-21(14-12-19)35-17(2)31)30-26(32)23(36-28(30)29-16)15-20-9-6-8-18-7-4-5-10-22(18)20/h4-15,25H,1-3H3/b23-15-. The zero-order valence-electron chi connectivity index (χ0n) is 19.8. The Balaban J connectivity index is 1.71. The Morgan fingerprint density at radius 3 is 2.47 bits per heavy atom. The summed E-state index contributed by atoms with van der Waals surface area (Å²) in [5, 5.41) is 2.11. The molecule has 1 aliphatic heterocycles. The van der Waals surface area contributed by atoms with Crippen LogP contribution in [-0.2, 0) is 14.3 Å². The van der Waals surface area contributed by atoms with Crippen LogP contribution < -0.4 is 19.6 Å². The smallest absolute Gasteiger partial charge is 0.338 e. The fourth-order valence-electron chi connectivity index (χ4n) is 4.41. The van der Waals surface area contributed by atoms with Gasteiger partial charge in [0.1, 0.15) is 5.75 Å². The second-order valence-corrected chi connectivity index (χ2v) is 9.31. The summed E-state index contributed by atoms with van der Waals surface area (Å²) in [6, 6.07) is 19.9. The highest BCUT2D eigenvalue weighted by Gasteiger charge is 2.33. The summed E-state index contributed by atoms with van der Waals surface area (Å²) in [7, 11) is 1.30. The zero-order chi connectivity index (χ0) is 25.4. The van der Waals surface area contributed by atoms with Gasteiger partial charge in [-0.3, -0.25) is 14.2 Å². The first-order valence-electron chi connectivity index (χ1n) is 11.2. The normalized spacial score (nSPS) is 15.4. The molecule has 5 rings (SSSR count). The number of ether oxygens (including phenoxy) is 2. The third kappa shape index (κ3) is 4.16. The maximum atomic E-state index is 13.8. The minimum atomic E-state index is -0.741. The molecule has 0 radical (unpaired) electrons. The lowest BCUT2D eigenvalue weighted by Crippen LogP contribution is -2.39. The topological polar surface area (TPSA) is 87.0 Å². The molecule has 1 unspecified atom stereocenters. The van der Waals surface area contributed by atoms with Crippen molar-refractivity contribution in [3.63, 3.8) is 0 Å². The number of aromatic nitrogens is 1. The van der Waals surface area contributed by atoms with E-state index in [9.17, 15) is 14.4 Å². The molecule has 8 heteroatoms. The average molecular weight is 499 g/mol. The molecule has 1 atom stereocenters. The van der Waals surface area contributed by atoms with Gasteiger partial charge < -0.3 is 9.47 Å². The molecule has 1 aromatic heterocycles. The molecule has 7 nitrogen and oxygen atoms in total. The second kappa shape index (κ2) is 9.39. The first-order chi connectivity index (χ1) is 17.4. The summed E-state index contributed by atoms with van der Waals surface area (Å²) >= 11 is 1.27. The third-order valence-corrected chi connectivity index (χ3v) is 6.98. The largest absolute Gasteiger partial charge is 0.466 e. The highest BCUT2D eigenvalue weighted by molar-refractivity contribution is 7.07. The third-order valence-electron chi connectivity index (χ3n) is 5.99. The van der Waals surface area contributed by atoms with Crippen molar-refractivity contribution in [1.29, 1.82) is 0 Å². The minimum Gasteiger partial charge on any atom is -0.466 e. The maximum absolute atomic E-state index is 13.8. The highest BCUT2D eigenvalue weighted by Crippen LogP contribution is 2.31. The van der Waals surface area contributed by atoms with E-state index in [0.717, 1.165) is 16.3 Å². The zero-order valence-corrected chi connectivity index (χ0v) is 20.7. The molecule has 3 aromatic carbocycles. The van der Waals surface area contributed by atoms with Gasteiger partial charge in [-0.1, -0.05) is 65.9 Å². The van der Waals surface area contributed by atoms with Crippen LogP contribution in [-0.4, -0.2) is 23.6 Å². The van der Waals surface area contributed by atoms with E-state index < -0.39 is 18.0 Å². The number of carbonyl (C=O) groups is 2. The lowest BCUT2D eigenvalue weighted by molar-refractivity contribution is -0.136. The molecule has 36 heavy (non-hydrogen) atoms. The lowest BCUT2D eigenvalue weighted by atomic mass is 9.96. The van der Waals surface area contributed by atoms with Crippen LogP contribution in [0.4, 0.5) is 0 Å². The summed E-state index contributed by atoms with van der Waals surface area (Å²) in [6.07, 6.45) is 1.87. The van der Waals surface area contributed by atoms with Crippen molar-refractivity contribution < 1.29 is 19.1 Å². The summed E-state index contributed by atoms with van der Waals surface area (Å²) < 4.78 is 12.2. The lowest BCUT2D eigenvalue weighted by Gasteiger charge is -2.24. The molecular formula is C28H22N2O5S. The molecule has 0 N–H and O–H groups in total. The van der Waals surface area contributed by atoms with Crippen molar-refractivity contribution in [3.05, 3.63) is 109 Å². The average Bonchev–Trinajstić information content (AvgIpc) is 3.17. The molecule has 0 aliphatic carbocycles. The van der Waals surface area contributed by atoms with E-state index >= 15 is 0 Å². The van der Waals surface area contributed by atoms with Crippen molar-refractivity contribution in [1.82, 2.24) is 4.57 Å². The number of carbonyl (C=O) groups excluding carboxylic acids is 2. The number of hydrogen-bond donors (Lipinski definition) is 0. The van der Waals surface area contributed by atoms with Crippen LogP contribution in [0.2, 0.25) is 0 Å². The first-order valence-corrected chi connectivity index (χ1v) is 12.1. The summed E-state index contributed by atoms with van der Waals surface area (Å²) in [5.74, 6) is -0.626. The van der Waals surface area contributed by atoms with Crippen LogP contribution in [0.1, 0.15) is 31.0 Å². The number of fused-ring (bicyclic) bond motifs is 2.